The Hall–Kier alpha value is -3.38. The fourth-order valence-electron chi connectivity index (χ4n) is 3.52. The number of imide groups is 2. The first-order valence-electron chi connectivity index (χ1n) is 10.6. The number of barbiturate groups is 1. The summed E-state index contributed by atoms with van der Waals surface area (Å²) in [4.78, 5) is 39.1. The molecule has 1 N–H and O–H groups in total. The molecule has 0 atom stereocenters. The number of nitrogens with zero attached hydrogens (tertiary/aromatic N) is 1. The van der Waals surface area contributed by atoms with Crippen molar-refractivity contribution in [3.8, 4) is 17.2 Å². The van der Waals surface area contributed by atoms with Crippen molar-refractivity contribution in [2.75, 3.05) is 19.1 Å². The van der Waals surface area contributed by atoms with Crippen LogP contribution in [0.25, 0.3) is 6.08 Å². The normalized spacial score (nSPS) is 14.6. The minimum Gasteiger partial charge on any atom is -0.497 e. The molecular formula is C26H20BrIN2O6. The van der Waals surface area contributed by atoms with Gasteiger partial charge in [-0.05, 0) is 76.7 Å². The van der Waals surface area contributed by atoms with Crippen LogP contribution >= 0.6 is 38.5 Å². The maximum atomic E-state index is 13.2. The topological polar surface area (TPSA) is 94.2 Å². The number of methoxy groups -OCH3 is 2. The minimum atomic E-state index is -0.824. The van der Waals surface area contributed by atoms with Crippen LogP contribution in [0, 0.1) is 3.57 Å². The van der Waals surface area contributed by atoms with E-state index < -0.39 is 17.8 Å². The zero-order chi connectivity index (χ0) is 25.8. The predicted octanol–water partition coefficient (Wildman–Crippen LogP) is 5.32. The summed E-state index contributed by atoms with van der Waals surface area (Å²) in [5, 5.41) is 2.22. The highest BCUT2D eigenvalue weighted by Gasteiger charge is 2.36. The Kier molecular flexibility index (Phi) is 7.94. The molecule has 3 aromatic carbocycles. The smallest absolute Gasteiger partial charge is 0.335 e. The van der Waals surface area contributed by atoms with E-state index in [-0.39, 0.29) is 5.57 Å². The van der Waals surface area contributed by atoms with Gasteiger partial charge in [0.15, 0.2) is 11.5 Å². The molecule has 4 amide bonds. The SMILES string of the molecule is COc1ccc(N2C(=O)NC(=O)/C(=C\c3cc(I)c(OCc4ccccc4Br)c(OC)c3)C2=O)cc1. The molecule has 0 aliphatic carbocycles. The van der Waals surface area contributed by atoms with E-state index in [1.54, 1.807) is 36.4 Å². The van der Waals surface area contributed by atoms with Gasteiger partial charge in [0.25, 0.3) is 11.8 Å². The zero-order valence-electron chi connectivity index (χ0n) is 19.2. The Balaban J connectivity index is 1.64. The minimum absolute atomic E-state index is 0.190. The van der Waals surface area contributed by atoms with E-state index in [1.165, 1.54) is 20.3 Å². The van der Waals surface area contributed by atoms with E-state index in [2.05, 4.69) is 43.8 Å². The standard InChI is InChI=1S/C26H20BrIN2O6/c1-34-18-9-7-17(8-10-18)30-25(32)19(24(31)29-26(30)33)11-15-12-21(28)23(22(13-15)35-2)36-14-16-5-3-4-6-20(16)27/h3-13H,14H2,1-2H3,(H,29,31,33)/b19-11+. The van der Waals surface area contributed by atoms with Crippen LogP contribution < -0.4 is 24.4 Å². The first-order chi connectivity index (χ1) is 17.3. The average molecular weight is 663 g/mol. The van der Waals surface area contributed by atoms with Gasteiger partial charge >= 0.3 is 6.03 Å². The highest BCUT2D eigenvalue weighted by molar-refractivity contribution is 14.1. The Labute approximate surface area is 229 Å². The molecule has 0 bridgehead atoms. The summed E-state index contributed by atoms with van der Waals surface area (Å²) in [5.74, 6) is 0.0206. The quantitative estimate of drug-likeness (QED) is 0.209. The van der Waals surface area contributed by atoms with Crippen molar-refractivity contribution in [2.45, 2.75) is 6.61 Å². The molecule has 184 valence electrons. The van der Waals surface area contributed by atoms with Gasteiger partial charge in [0, 0.05) is 10.0 Å². The van der Waals surface area contributed by atoms with E-state index in [9.17, 15) is 14.4 Å². The van der Waals surface area contributed by atoms with E-state index in [4.69, 9.17) is 14.2 Å². The van der Waals surface area contributed by atoms with E-state index in [0.29, 0.717) is 35.1 Å². The van der Waals surface area contributed by atoms with Gasteiger partial charge in [0.1, 0.15) is 17.9 Å². The molecule has 3 aromatic rings. The molecule has 36 heavy (non-hydrogen) atoms. The lowest BCUT2D eigenvalue weighted by Gasteiger charge is -2.26. The molecule has 0 spiro atoms. The van der Waals surface area contributed by atoms with Gasteiger partial charge in [-0.25, -0.2) is 9.69 Å². The third-order valence-corrected chi connectivity index (χ3v) is 6.90. The molecule has 1 aliphatic rings. The van der Waals surface area contributed by atoms with Crippen molar-refractivity contribution in [1.29, 1.82) is 0 Å². The summed E-state index contributed by atoms with van der Waals surface area (Å²) in [6.45, 7) is 0.314. The monoisotopic (exact) mass is 662 g/mol. The lowest BCUT2D eigenvalue weighted by Crippen LogP contribution is -2.54. The Morgan fingerprint density at radius 1 is 1.00 bits per heavy atom. The van der Waals surface area contributed by atoms with Gasteiger partial charge < -0.3 is 14.2 Å². The molecule has 10 heteroatoms. The van der Waals surface area contributed by atoms with E-state index in [0.717, 1.165) is 18.5 Å². The number of amides is 4. The maximum absolute atomic E-state index is 13.2. The van der Waals surface area contributed by atoms with Crippen LogP contribution in [0.1, 0.15) is 11.1 Å². The fraction of sp³-hybridized carbons (Fsp3) is 0.115. The summed E-state index contributed by atoms with van der Waals surface area (Å²) in [6.07, 6.45) is 1.42. The fourth-order valence-corrected chi connectivity index (χ4v) is 4.70. The van der Waals surface area contributed by atoms with Gasteiger partial charge in [0.2, 0.25) is 0 Å². The molecule has 1 saturated heterocycles. The lowest BCUT2D eigenvalue weighted by atomic mass is 10.1. The van der Waals surface area contributed by atoms with Gasteiger partial charge in [-0.2, -0.15) is 0 Å². The van der Waals surface area contributed by atoms with E-state index >= 15 is 0 Å². The second kappa shape index (κ2) is 11.1. The van der Waals surface area contributed by atoms with Crippen molar-refractivity contribution in [3.05, 3.63) is 85.4 Å². The van der Waals surface area contributed by atoms with Crippen molar-refractivity contribution in [2.24, 2.45) is 0 Å². The van der Waals surface area contributed by atoms with Crippen LogP contribution in [0.2, 0.25) is 0 Å². The number of halogens is 2. The first kappa shape index (κ1) is 25.7. The summed E-state index contributed by atoms with van der Waals surface area (Å²) >= 11 is 5.62. The zero-order valence-corrected chi connectivity index (χ0v) is 23.0. The van der Waals surface area contributed by atoms with E-state index in [1.807, 2.05) is 24.3 Å². The number of ether oxygens (including phenoxy) is 3. The molecule has 0 aromatic heterocycles. The Morgan fingerprint density at radius 2 is 1.72 bits per heavy atom. The van der Waals surface area contributed by atoms with Crippen LogP contribution in [0.15, 0.2) is 70.7 Å². The van der Waals surface area contributed by atoms with Crippen molar-refractivity contribution < 1.29 is 28.6 Å². The highest BCUT2D eigenvalue weighted by atomic mass is 127. The highest BCUT2D eigenvalue weighted by Crippen LogP contribution is 2.36. The third kappa shape index (κ3) is 5.39. The van der Waals surface area contributed by atoms with Crippen molar-refractivity contribution >= 4 is 68.1 Å². The van der Waals surface area contributed by atoms with Gasteiger partial charge in [-0.15, -0.1) is 0 Å². The lowest BCUT2D eigenvalue weighted by molar-refractivity contribution is -0.122. The number of carbonyl (C=O) groups excluding carboxylic acids is 3. The molecule has 8 nitrogen and oxygen atoms in total. The molecule has 4 rings (SSSR count). The van der Waals surface area contributed by atoms with Gasteiger partial charge in [-0.1, -0.05) is 34.1 Å². The number of nitrogens with one attached hydrogen (secondary N) is 1. The third-order valence-electron chi connectivity index (χ3n) is 5.32. The number of hydrogen-bond donors (Lipinski definition) is 1. The predicted molar refractivity (Wildman–Crippen MR) is 146 cm³/mol. The summed E-state index contributed by atoms with van der Waals surface area (Å²) in [6, 6.07) is 16.7. The van der Waals surface area contributed by atoms with Crippen LogP contribution in [-0.4, -0.2) is 32.1 Å². The molecule has 0 saturated carbocycles. The summed E-state index contributed by atoms with van der Waals surface area (Å²) in [5.41, 5.74) is 1.62. The maximum Gasteiger partial charge on any atom is 0.335 e. The number of urea groups is 1. The first-order valence-corrected chi connectivity index (χ1v) is 12.5. The Morgan fingerprint density at radius 3 is 2.39 bits per heavy atom. The summed E-state index contributed by atoms with van der Waals surface area (Å²) in [7, 11) is 3.02. The molecule has 1 heterocycles. The van der Waals surface area contributed by atoms with Crippen LogP contribution in [-0.2, 0) is 16.2 Å². The molecule has 1 aliphatic heterocycles. The Bertz CT molecular complexity index is 1370. The van der Waals surface area contributed by atoms with Crippen LogP contribution in [0.5, 0.6) is 17.2 Å². The molecule has 0 radical (unpaired) electrons. The second-order valence-electron chi connectivity index (χ2n) is 7.57. The number of carbonyl (C=O) groups is 3. The molecule has 1 fully saturated rings. The van der Waals surface area contributed by atoms with Crippen LogP contribution in [0.4, 0.5) is 10.5 Å². The van der Waals surface area contributed by atoms with Crippen LogP contribution in [0.3, 0.4) is 0 Å². The average Bonchev–Trinajstić information content (AvgIpc) is 2.86. The molecule has 0 unspecified atom stereocenters. The van der Waals surface area contributed by atoms with Gasteiger partial charge in [-0.3, -0.25) is 14.9 Å². The van der Waals surface area contributed by atoms with Crippen molar-refractivity contribution in [1.82, 2.24) is 5.32 Å². The number of anilines is 1. The molecular weight excluding hydrogens is 643 g/mol. The van der Waals surface area contributed by atoms with Crippen molar-refractivity contribution in [3.63, 3.8) is 0 Å². The van der Waals surface area contributed by atoms with Gasteiger partial charge in [0.05, 0.1) is 23.5 Å². The number of hydrogen-bond acceptors (Lipinski definition) is 6. The largest absolute Gasteiger partial charge is 0.497 e. The summed E-state index contributed by atoms with van der Waals surface area (Å²) < 4.78 is 18.3. The number of rotatable bonds is 7. The second-order valence-corrected chi connectivity index (χ2v) is 9.59. The number of benzene rings is 3.